The number of fused-ring (bicyclic) bond motifs is 1. The predicted molar refractivity (Wildman–Crippen MR) is 199 cm³/mol. The van der Waals surface area contributed by atoms with Crippen molar-refractivity contribution in [3.63, 3.8) is 0 Å². The van der Waals surface area contributed by atoms with E-state index in [1.165, 1.54) is 18.9 Å². The van der Waals surface area contributed by atoms with E-state index in [9.17, 15) is 27.9 Å². The monoisotopic (exact) mass is 790 g/mol. The van der Waals surface area contributed by atoms with Crippen LogP contribution in [0.1, 0.15) is 43.7 Å². The Kier molecular flexibility index (Phi) is 13.3. The molecule has 0 bridgehead atoms. The lowest BCUT2D eigenvalue weighted by atomic mass is 9.99. The molecule has 0 aliphatic carbocycles. The molecule has 0 unspecified atom stereocenters. The SMILES string of the molecule is COC(=O)N1CCC(N2CCc3ccccc3NC2=O)CC1.C[C@H](Cc1ccc(O)c(Br)c1)C(=O)N1CCN(C2CCN(S(C)(=O)=O)CC2)CC1. The Bertz CT molecular complexity index is 1640. The van der Waals surface area contributed by atoms with Gasteiger partial charge in [0, 0.05) is 82.6 Å². The molecule has 2 N–H and O–H groups in total. The first-order valence-corrected chi connectivity index (χ1v) is 20.4. The van der Waals surface area contributed by atoms with Crippen molar-refractivity contribution in [2.75, 3.05) is 77.6 Å². The van der Waals surface area contributed by atoms with Crippen LogP contribution < -0.4 is 5.32 Å². The maximum atomic E-state index is 12.9. The van der Waals surface area contributed by atoms with E-state index in [1.54, 1.807) is 15.3 Å². The van der Waals surface area contributed by atoms with Crippen LogP contribution in [0.3, 0.4) is 0 Å². The molecule has 2 aromatic carbocycles. The van der Waals surface area contributed by atoms with Gasteiger partial charge in [0.05, 0.1) is 17.8 Å². The molecule has 3 fully saturated rings. The molecule has 0 saturated carbocycles. The van der Waals surface area contributed by atoms with Gasteiger partial charge in [0.25, 0.3) is 0 Å². The van der Waals surface area contributed by atoms with Gasteiger partial charge in [-0.15, -0.1) is 0 Å². The number of phenolic OH excluding ortho intramolecular Hbond substituents is 1. The summed E-state index contributed by atoms with van der Waals surface area (Å²) in [7, 11) is -1.70. The van der Waals surface area contributed by atoms with Crippen LogP contribution >= 0.6 is 15.9 Å². The van der Waals surface area contributed by atoms with Gasteiger partial charge in [-0.05, 0) is 83.8 Å². The van der Waals surface area contributed by atoms with E-state index in [1.807, 2.05) is 47.1 Å². The van der Waals surface area contributed by atoms with E-state index in [4.69, 9.17) is 4.74 Å². The summed E-state index contributed by atoms with van der Waals surface area (Å²) in [6, 6.07) is 13.8. The van der Waals surface area contributed by atoms with Crippen LogP contribution in [0.2, 0.25) is 0 Å². The number of piperazine rings is 1. The number of benzene rings is 2. The van der Waals surface area contributed by atoms with Crippen LogP contribution in [0.15, 0.2) is 46.9 Å². The van der Waals surface area contributed by atoms with Gasteiger partial charge in [-0.3, -0.25) is 9.69 Å². The Morgan fingerprint density at radius 1 is 0.922 bits per heavy atom. The van der Waals surface area contributed by atoms with E-state index in [0.717, 1.165) is 69.5 Å². The predicted octanol–water partition coefficient (Wildman–Crippen LogP) is 4.21. The quantitative estimate of drug-likeness (QED) is 0.444. The normalized spacial score (nSPS) is 20.4. The van der Waals surface area contributed by atoms with Crippen LogP contribution in [0.25, 0.3) is 0 Å². The van der Waals surface area contributed by atoms with E-state index in [2.05, 4.69) is 32.2 Å². The molecule has 4 heterocycles. The third-order valence-electron chi connectivity index (χ3n) is 10.5. The van der Waals surface area contributed by atoms with Crippen molar-refractivity contribution in [2.45, 2.75) is 57.5 Å². The smallest absolute Gasteiger partial charge is 0.409 e. The second-order valence-electron chi connectivity index (χ2n) is 13.9. The van der Waals surface area contributed by atoms with Crippen LogP contribution in [0.4, 0.5) is 15.3 Å². The number of nitrogens with one attached hydrogen (secondary N) is 1. The third kappa shape index (κ3) is 10.1. The molecule has 51 heavy (non-hydrogen) atoms. The van der Waals surface area contributed by atoms with E-state index >= 15 is 0 Å². The van der Waals surface area contributed by atoms with Gasteiger partial charge in [0.15, 0.2) is 0 Å². The number of hydrogen-bond donors (Lipinski definition) is 2. The van der Waals surface area contributed by atoms with Crippen molar-refractivity contribution >= 4 is 49.7 Å². The van der Waals surface area contributed by atoms with E-state index in [-0.39, 0.29) is 35.7 Å². The highest BCUT2D eigenvalue weighted by molar-refractivity contribution is 9.10. The lowest BCUT2D eigenvalue weighted by Crippen LogP contribution is -2.55. The van der Waals surface area contributed by atoms with Crippen molar-refractivity contribution in [2.24, 2.45) is 5.92 Å². The molecule has 4 amide bonds. The number of anilines is 1. The number of carbonyl (C=O) groups excluding carboxylic acids is 3. The molecule has 3 saturated heterocycles. The Labute approximate surface area is 310 Å². The maximum absolute atomic E-state index is 12.9. The van der Waals surface area contributed by atoms with Crippen LogP contribution in [0.5, 0.6) is 5.75 Å². The number of piperidine rings is 2. The highest BCUT2D eigenvalue weighted by Gasteiger charge is 2.33. The number of para-hydroxylation sites is 1. The summed E-state index contributed by atoms with van der Waals surface area (Å²) in [5.41, 5.74) is 3.10. The molecule has 280 valence electrons. The number of urea groups is 1. The first kappa shape index (κ1) is 38.8. The number of hydrogen-bond acceptors (Lipinski definition) is 8. The minimum atomic E-state index is -3.10. The van der Waals surface area contributed by atoms with Crippen LogP contribution in [-0.4, -0.2) is 140 Å². The molecule has 15 heteroatoms. The average molecular weight is 792 g/mol. The summed E-state index contributed by atoms with van der Waals surface area (Å²) in [6.45, 7) is 8.22. The molecular weight excluding hydrogens is 740 g/mol. The van der Waals surface area contributed by atoms with Gasteiger partial charge >= 0.3 is 12.1 Å². The molecule has 4 aliphatic rings. The zero-order valence-electron chi connectivity index (χ0n) is 29.8. The van der Waals surface area contributed by atoms with Gasteiger partial charge < -0.3 is 29.9 Å². The molecule has 0 spiro atoms. The Morgan fingerprint density at radius 2 is 1.57 bits per heavy atom. The summed E-state index contributed by atoms with van der Waals surface area (Å²) in [5, 5.41) is 12.6. The molecule has 2 aromatic rings. The largest absolute Gasteiger partial charge is 0.507 e. The van der Waals surface area contributed by atoms with Crippen LogP contribution in [-0.2, 0) is 32.4 Å². The minimum absolute atomic E-state index is 0.0403. The molecule has 6 rings (SSSR count). The van der Waals surface area contributed by atoms with Crippen molar-refractivity contribution in [1.29, 1.82) is 0 Å². The first-order valence-electron chi connectivity index (χ1n) is 17.8. The van der Waals surface area contributed by atoms with Gasteiger partial charge in [-0.1, -0.05) is 31.2 Å². The number of halogens is 1. The second-order valence-corrected chi connectivity index (χ2v) is 16.7. The molecule has 0 radical (unpaired) electrons. The second kappa shape index (κ2) is 17.4. The van der Waals surface area contributed by atoms with Crippen LogP contribution in [0, 0.1) is 5.92 Å². The first-order chi connectivity index (χ1) is 24.3. The van der Waals surface area contributed by atoms with Crippen molar-refractivity contribution < 1.29 is 32.6 Å². The third-order valence-corrected chi connectivity index (χ3v) is 12.4. The fraction of sp³-hybridized carbons (Fsp3) is 0.583. The van der Waals surface area contributed by atoms with Gasteiger partial charge in [-0.25, -0.2) is 22.3 Å². The van der Waals surface area contributed by atoms with E-state index in [0.29, 0.717) is 49.7 Å². The fourth-order valence-corrected chi connectivity index (χ4v) is 8.80. The Morgan fingerprint density at radius 3 is 2.20 bits per heavy atom. The molecule has 4 aliphatic heterocycles. The Balaban J connectivity index is 0.000000205. The Hall–Kier alpha value is -3.40. The van der Waals surface area contributed by atoms with Gasteiger partial charge in [0.2, 0.25) is 15.9 Å². The number of aromatic hydroxyl groups is 1. The highest BCUT2D eigenvalue weighted by Crippen LogP contribution is 2.27. The number of amides is 4. The zero-order chi connectivity index (χ0) is 36.7. The maximum Gasteiger partial charge on any atom is 0.409 e. The van der Waals surface area contributed by atoms with E-state index < -0.39 is 10.0 Å². The number of carbonyl (C=O) groups is 3. The lowest BCUT2D eigenvalue weighted by molar-refractivity contribution is -0.137. The highest BCUT2D eigenvalue weighted by atomic mass is 79.9. The molecule has 13 nitrogen and oxygen atoms in total. The van der Waals surface area contributed by atoms with Gasteiger partial charge in [0.1, 0.15) is 5.75 Å². The summed E-state index contributed by atoms with van der Waals surface area (Å²) < 4.78 is 30.3. The van der Waals surface area contributed by atoms with Crippen molar-refractivity contribution in [3.05, 3.63) is 58.1 Å². The molecule has 1 atom stereocenters. The topological polar surface area (TPSA) is 143 Å². The summed E-state index contributed by atoms with van der Waals surface area (Å²) in [5.74, 6) is 0.253. The summed E-state index contributed by atoms with van der Waals surface area (Å²) in [4.78, 5) is 44.8. The summed E-state index contributed by atoms with van der Waals surface area (Å²) in [6.07, 6.45) is 5.77. The minimum Gasteiger partial charge on any atom is -0.507 e. The fourth-order valence-electron chi connectivity index (χ4n) is 7.50. The standard InChI is InChI=1S/C20H30BrN3O4S.C16H21N3O3/c1-15(13-16-3-4-19(25)18(21)14-16)20(26)23-11-9-22(10-12-23)17-5-7-24(8-6-17)29(2,27)28;1-22-16(21)18-9-7-13(8-10-18)19-11-6-12-4-2-3-5-14(12)17-15(19)20/h3-4,14-15,17,25H,5-13H2,1-2H3;2-5,13H,6-11H2,1H3,(H,17,20)/t15-;/m1./s1. The number of phenols is 1. The lowest BCUT2D eigenvalue weighted by Gasteiger charge is -2.42. The molecular formula is C36H51BrN6O7S. The van der Waals surface area contributed by atoms with Crippen molar-refractivity contribution in [1.82, 2.24) is 23.9 Å². The number of nitrogens with zero attached hydrogens (tertiary/aromatic N) is 5. The van der Waals surface area contributed by atoms with Crippen molar-refractivity contribution in [3.8, 4) is 5.75 Å². The number of sulfonamides is 1. The summed E-state index contributed by atoms with van der Waals surface area (Å²) >= 11 is 3.32. The molecule has 0 aromatic heterocycles. The van der Waals surface area contributed by atoms with Gasteiger partial charge in [-0.2, -0.15) is 0 Å². The average Bonchev–Trinajstić information content (AvgIpc) is 3.30. The number of methoxy groups -OCH3 is 1. The zero-order valence-corrected chi connectivity index (χ0v) is 32.2. The number of ether oxygens (including phenoxy) is 1. The number of rotatable bonds is 6. The number of likely N-dealkylation sites (tertiary alicyclic amines) is 1.